The Hall–Kier alpha value is -2.14. The molecule has 0 saturated carbocycles. The summed E-state index contributed by atoms with van der Waals surface area (Å²) in [5.74, 6) is -0.424. The van der Waals surface area contributed by atoms with Gasteiger partial charge in [-0.05, 0) is 10.8 Å². The van der Waals surface area contributed by atoms with Crippen molar-refractivity contribution in [2.45, 2.75) is 11.4 Å². The van der Waals surface area contributed by atoms with Crippen molar-refractivity contribution >= 4 is 40.5 Å². The van der Waals surface area contributed by atoms with E-state index in [0.29, 0.717) is 11.3 Å². The summed E-state index contributed by atoms with van der Waals surface area (Å²) in [5, 5.41) is 1.67. The van der Waals surface area contributed by atoms with E-state index in [9.17, 15) is 14.4 Å². The second-order valence-corrected chi connectivity index (χ2v) is 6.69. The van der Waals surface area contributed by atoms with Crippen molar-refractivity contribution in [2.24, 2.45) is 5.92 Å². The fourth-order valence-electron chi connectivity index (χ4n) is 3.25. The number of thioether (sulfide) groups is 1. The van der Waals surface area contributed by atoms with Crippen LogP contribution in [0, 0.1) is 5.92 Å². The number of rotatable bonds is 3. The van der Waals surface area contributed by atoms with E-state index in [0.717, 1.165) is 17.1 Å². The van der Waals surface area contributed by atoms with Gasteiger partial charge in [0, 0.05) is 11.3 Å². The van der Waals surface area contributed by atoms with Gasteiger partial charge in [0.25, 0.3) is 0 Å². The molecule has 2 aromatic rings. The van der Waals surface area contributed by atoms with E-state index < -0.39 is 5.92 Å². The zero-order valence-electron chi connectivity index (χ0n) is 11.6. The molecule has 0 aromatic heterocycles. The van der Waals surface area contributed by atoms with Gasteiger partial charge in [-0.3, -0.25) is 9.59 Å². The van der Waals surface area contributed by atoms with Gasteiger partial charge < -0.3 is 9.69 Å². The van der Waals surface area contributed by atoms with Crippen LogP contribution in [0.25, 0.3) is 10.8 Å². The minimum Gasteiger partial charge on any atom is -0.318 e. The van der Waals surface area contributed by atoms with Crippen molar-refractivity contribution in [3.63, 3.8) is 0 Å². The van der Waals surface area contributed by atoms with E-state index in [1.165, 1.54) is 11.8 Å². The summed E-state index contributed by atoms with van der Waals surface area (Å²) in [7, 11) is 0. The zero-order valence-corrected chi connectivity index (χ0v) is 12.5. The monoisotopic (exact) mass is 311 g/mol. The highest BCUT2D eigenvalue weighted by atomic mass is 32.2. The number of aldehydes is 1. The SMILES string of the molecule is O=C[C@@H]1CS[C@H]2[C@H](C(=O)c3cccc4ccccc34)C(=O)N12. The maximum atomic E-state index is 12.8. The number of hydrogen-bond donors (Lipinski definition) is 0. The molecule has 0 N–H and O–H groups in total. The van der Waals surface area contributed by atoms with Crippen LogP contribution < -0.4 is 0 Å². The summed E-state index contributed by atoms with van der Waals surface area (Å²) in [4.78, 5) is 37.7. The van der Waals surface area contributed by atoms with Gasteiger partial charge >= 0.3 is 0 Å². The normalized spacial score (nSPS) is 26.6. The molecule has 110 valence electrons. The summed E-state index contributed by atoms with van der Waals surface area (Å²) in [6.45, 7) is 0. The summed E-state index contributed by atoms with van der Waals surface area (Å²) in [5.41, 5.74) is 0.589. The van der Waals surface area contributed by atoms with Gasteiger partial charge in [0.1, 0.15) is 12.2 Å². The van der Waals surface area contributed by atoms with Crippen LogP contribution in [0.5, 0.6) is 0 Å². The molecule has 2 fully saturated rings. The second kappa shape index (κ2) is 4.95. The van der Waals surface area contributed by atoms with Crippen LogP contribution in [-0.2, 0) is 9.59 Å². The molecule has 4 rings (SSSR count). The van der Waals surface area contributed by atoms with Crippen molar-refractivity contribution in [1.82, 2.24) is 4.90 Å². The molecule has 1 amide bonds. The van der Waals surface area contributed by atoms with Crippen molar-refractivity contribution in [3.8, 4) is 0 Å². The molecule has 0 radical (unpaired) electrons. The van der Waals surface area contributed by atoms with Crippen LogP contribution in [0.1, 0.15) is 10.4 Å². The van der Waals surface area contributed by atoms with Crippen LogP contribution in [0.4, 0.5) is 0 Å². The number of β-lactam (4-membered cyclic amide) rings is 1. The lowest BCUT2D eigenvalue weighted by molar-refractivity contribution is -0.150. The predicted molar refractivity (Wildman–Crippen MR) is 84.7 cm³/mol. The number of carbonyl (C=O) groups is 3. The van der Waals surface area contributed by atoms with Crippen LogP contribution >= 0.6 is 11.8 Å². The Bertz CT molecular complexity index is 798. The number of carbonyl (C=O) groups excluding carboxylic acids is 3. The predicted octanol–water partition coefficient (Wildman–Crippen LogP) is 2.12. The Morgan fingerprint density at radius 1 is 1.18 bits per heavy atom. The Labute approximate surface area is 131 Å². The average molecular weight is 311 g/mol. The number of amides is 1. The molecule has 2 aliphatic rings. The summed E-state index contributed by atoms with van der Waals surface area (Å²) < 4.78 is 0. The molecule has 4 nitrogen and oxygen atoms in total. The lowest BCUT2D eigenvalue weighted by atomic mass is 9.86. The first-order chi connectivity index (χ1) is 10.7. The Balaban J connectivity index is 1.71. The van der Waals surface area contributed by atoms with Crippen LogP contribution in [0.2, 0.25) is 0 Å². The third kappa shape index (κ3) is 1.75. The molecule has 2 saturated heterocycles. The number of ketones is 1. The lowest BCUT2D eigenvalue weighted by Gasteiger charge is -2.42. The van der Waals surface area contributed by atoms with Gasteiger partial charge in [0.2, 0.25) is 5.91 Å². The molecule has 2 aliphatic heterocycles. The van der Waals surface area contributed by atoms with Gasteiger partial charge in [0.05, 0.1) is 11.4 Å². The van der Waals surface area contributed by atoms with E-state index in [1.807, 2.05) is 36.4 Å². The third-order valence-corrected chi connectivity index (χ3v) is 5.74. The van der Waals surface area contributed by atoms with Gasteiger partial charge in [-0.1, -0.05) is 42.5 Å². The maximum absolute atomic E-state index is 12.8. The van der Waals surface area contributed by atoms with Crippen LogP contribution in [-0.4, -0.2) is 40.0 Å². The maximum Gasteiger partial charge on any atom is 0.238 e. The standard InChI is InChI=1S/C17H13NO3S/c19-8-11-9-22-17-14(16(21)18(11)17)15(20)13-7-3-5-10-4-1-2-6-12(10)13/h1-8,11,14,17H,9H2/t11-,14-,17+/m1/s1. The molecule has 0 bridgehead atoms. The molecule has 2 aromatic carbocycles. The Kier molecular flexibility index (Phi) is 3.04. The number of Topliss-reactive ketones (excluding diaryl/α,β-unsaturated/α-hetero) is 1. The van der Waals surface area contributed by atoms with Crippen LogP contribution in [0.15, 0.2) is 42.5 Å². The first-order valence-electron chi connectivity index (χ1n) is 7.13. The number of benzene rings is 2. The van der Waals surface area contributed by atoms with E-state index in [1.54, 1.807) is 11.0 Å². The molecular formula is C17H13NO3S. The largest absolute Gasteiger partial charge is 0.318 e. The minimum absolute atomic E-state index is 0.137. The summed E-state index contributed by atoms with van der Waals surface area (Å²) in [6.07, 6.45) is 0.795. The fraction of sp³-hybridized carbons (Fsp3) is 0.235. The number of hydrogen-bond acceptors (Lipinski definition) is 4. The second-order valence-electron chi connectivity index (χ2n) is 5.54. The van der Waals surface area contributed by atoms with Crippen molar-refractivity contribution < 1.29 is 14.4 Å². The first kappa shape index (κ1) is 13.5. The summed E-state index contributed by atoms with van der Waals surface area (Å²) >= 11 is 1.52. The van der Waals surface area contributed by atoms with E-state index in [2.05, 4.69) is 0 Å². The lowest BCUT2D eigenvalue weighted by Crippen LogP contribution is -2.62. The molecule has 2 heterocycles. The van der Waals surface area contributed by atoms with E-state index >= 15 is 0 Å². The van der Waals surface area contributed by atoms with Crippen molar-refractivity contribution in [3.05, 3.63) is 48.0 Å². The minimum atomic E-state index is -0.652. The first-order valence-corrected chi connectivity index (χ1v) is 8.18. The Morgan fingerprint density at radius 3 is 2.77 bits per heavy atom. The van der Waals surface area contributed by atoms with Crippen LogP contribution in [0.3, 0.4) is 0 Å². The van der Waals surface area contributed by atoms with E-state index in [-0.39, 0.29) is 23.1 Å². The number of nitrogens with zero attached hydrogens (tertiary/aromatic N) is 1. The molecule has 22 heavy (non-hydrogen) atoms. The van der Waals surface area contributed by atoms with Gasteiger partial charge in [-0.15, -0.1) is 11.8 Å². The van der Waals surface area contributed by atoms with E-state index in [4.69, 9.17) is 0 Å². The van der Waals surface area contributed by atoms with Crippen molar-refractivity contribution in [1.29, 1.82) is 0 Å². The highest BCUT2D eigenvalue weighted by Gasteiger charge is 2.57. The van der Waals surface area contributed by atoms with Gasteiger partial charge in [-0.25, -0.2) is 0 Å². The molecule has 0 aliphatic carbocycles. The van der Waals surface area contributed by atoms with Crippen molar-refractivity contribution in [2.75, 3.05) is 5.75 Å². The molecule has 5 heteroatoms. The summed E-state index contributed by atoms with van der Waals surface area (Å²) in [6, 6.07) is 12.9. The fourth-order valence-corrected chi connectivity index (χ4v) is 4.73. The smallest absolute Gasteiger partial charge is 0.238 e. The average Bonchev–Trinajstić information content (AvgIpc) is 2.93. The van der Waals surface area contributed by atoms with Gasteiger partial charge in [-0.2, -0.15) is 0 Å². The Morgan fingerprint density at radius 2 is 1.95 bits per heavy atom. The highest BCUT2D eigenvalue weighted by Crippen LogP contribution is 2.44. The van der Waals surface area contributed by atoms with Gasteiger partial charge in [0.15, 0.2) is 5.78 Å². The highest BCUT2D eigenvalue weighted by molar-refractivity contribution is 8.00. The molecule has 0 unspecified atom stereocenters. The third-order valence-electron chi connectivity index (χ3n) is 4.37. The quantitative estimate of drug-likeness (QED) is 0.377. The zero-order chi connectivity index (χ0) is 15.3. The molecule has 3 atom stereocenters. The molecule has 0 spiro atoms. The topological polar surface area (TPSA) is 54.5 Å². The number of fused-ring (bicyclic) bond motifs is 2. The molecular weight excluding hydrogens is 298 g/mol.